The number of hydrogen-bond acceptors (Lipinski definition) is 6. The summed E-state index contributed by atoms with van der Waals surface area (Å²) in [7, 11) is 0. The maximum Gasteiger partial charge on any atom is 0.245 e. The monoisotopic (exact) mass is 473 g/mol. The minimum Gasteiger partial charge on any atom is -0.457 e. The lowest BCUT2D eigenvalue weighted by Crippen LogP contribution is -2.39. The van der Waals surface area contributed by atoms with Crippen molar-refractivity contribution < 1.29 is 9.53 Å². The molecule has 0 bridgehead atoms. The smallest absolute Gasteiger partial charge is 0.245 e. The summed E-state index contributed by atoms with van der Waals surface area (Å²) in [5.41, 5.74) is 7.90. The van der Waals surface area contributed by atoms with Crippen molar-refractivity contribution in [3.05, 3.63) is 73.6 Å². The van der Waals surface area contributed by atoms with Gasteiger partial charge in [0.25, 0.3) is 0 Å². The quantitative estimate of drug-likeness (QED) is 0.423. The zero-order valence-corrected chi connectivity index (χ0v) is 20.6. The van der Waals surface area contributed by atoms with Crippen LogP contribution in [0.2, 0.25) is 0 Å². The summed E-state index contributed by atoms with van der Waals surface area (Å²) < 4.78 is 5.88. The Bertz CT molecular complexity index is 1080. The number of ether oxygens (including phenoxy) is 1. The average molecular weight is 474 g/mol. The molecule has 1 aromatic heterocycles. The average Bonchev–Trinajstić information content (AvgIpc) is 2.89. The van der Waals surface area contributed by atoms with Crippen LogP contribution in [0.15, 0.2) is 73.6 Å². The molecule has 7 heteroatoms. The van der Waals surface area contributed by atoms with Gasteiger partial charge in [-0.1, -0.05) is 57.2 Å². The first-order valence-corrected chi connectivity index (χ1v) is 12.1. The number of nitrogens with one attached hydrogen (secondary N) is 1. The largest absolute Gasteiger partial charge is 0.457 e. The van der Waals surface area contributed by atoms with Crippen molar-refractivity contribution in [2.45, 2.75) is 33.1 Å². The van der Waals surface area contributed by atoms with Gasteiger partial charge in [-0.25, -0.2) is 9.97 Å². The highest BCUT2D eigenvalue weighted by Crippen LogP contribution is 2.33. The summed E-state index contributed by atoms with van der Waals surface area (Å²) in [6.07, 6.45) is 5.98. The summed E-state index contributed by atoms with van der Waals surface area (Å²) in [4.78, 5) is 22.2. The Labute approximate surface area is 208 Å². The lowest BCUT2D eigenvalue weighted by molar-refractivity contribution is -0.127. The minimum atomic E-state index is 0.00181. The number of piperidine rings is 1. The molecule has 1 fully saturated rings. The van der Waals surface area contributed by atoms with Crippen LogP contribution in [0.5, 0.6) is 11.5 Å². The summed E-state index contributed by atoms with van der Waals surface area (Å²) in [5, 5.41) is 3.45. The number of likely N-dealkylation sites (tertiary alicyclic amines) is 1. The summed E-state index contributed by atoms with van der Waals surface area (Å²) in [5.74, 6) is 3.11. The van der Waals surface area contributed by atoms with Gasteiger partial charge in [0.2, 0.25) is 5.91 Å². The second kappa shape index (κ2) is 13.1. The number of anilines is 2. The van der Waals surface area contributed by atoms with E-state index in [1.54, 1.807) is 0 Å². The van der Waals surface area contributed by atoms with E-state index in [1.807, 2.05) is 59.5 Å². The van der Waals surface area contributed by atoms with Crippen molar-refractivity contribution in [1.82, 2.24) is 14.9 Å². The molecule has 0 aliphatic carbocycles. The van der Waals surface area contributed by atoms with Crippen LogP contribution in [-0.2, 0) is 4.79 Å². The third-order valence-electron chi connectivity index (χ3n) is 5.66. The minimum absolute atomic E-state index is 0.00181. The molecule has 1 aliphatic heterocycles. The highest BCUT2D eigenvalue weighted by atomic mass is 16.5. The number of amides is 1. The van der Waals surface area contributed by atoms with Crippen LogP contribution in [0.25, 0.3) is 11.1 Å². The van der Waals surface area contributed by atoms with Gasteiger partial charge < -0.3 is 20.7 Å². The number of aromatic nitrogens is 2. The molecule has 1 saturated heterocycles. The molecule has 3 N–H and O–H groups in total. The van der Waals surface area contributed by atoms with E-state index in [0.717, 1.165) is 55.1 Å². The zero-order chi connectivity index (χ0) is 25.0. The van der Waals surface area contributed by atoms with Crippen molar-refractivity contribution in [3.63, 3.8) is 0 Å². The molecule has 0 radical (unpaired) electrons. The number of para-hydroxylation sites is 1. The van der Waals surface area contributed by atoms with E-state index in [4.69, 9.17) is 10.5 Å². The van der Waals surface area contributed by atoms with Crippen molar-refractivity contribution in [3.8, 4) is 22.6 Å². The highest BCUT2D eigenvalue weighted by molar-refractivity contribution is 5.87. The number of nitrogens with two attached hydrogens (primary N) is 1. The lowest BCUT2D eigenvalue weighted by Gasteiger charge is -2.31. The summed E-state index contributed by atoms with van der Waals surface area (Å²) >= 11 is 0. The van der Waals surface area contributed by atoms with Crippen LogP contribution >= 0.6 is 0 Å². The number of nitrogen functional groups attached to an aromatic ring is 1. The fourth-order valence-corrected chi connectivity index (χ4v) is 3.86. The Kier molecular flexibility index (Phi) is 9.66. The lowest BCUT2D eigenvalue weighted by atomic mass is 9.96. The van der Waals surface area contributed by atoms with E-state index in [-0.39, 0.29) is 5.91 Å². The molecule has 1 amide bonds. The van der Waals surface area contributed by atoms with Crippen LogP contribution in [0.3, 0.4) is 0 Å². The predicted octanol–water partition coefficient (Wildman–Crippen LogP) is 5.77. The SMILES string of the molecule is C=CC(=O)N1CCC(CNc2ncnc(N)c2-c2ccc(Oc3ccccc3)cc2)CC1.CCC. The molecule has 0 spiro atoms. The van der Waals surface area contributed by atoms with E-state index in [2.05, 4.69) is 35.7 Å². The van der Waals surface area contributed by atoms with Crippen molar-refractivity contribution in [2.75, 3.05) is 30.7 Å². The second-order valence-corrected chi connectivity index (χ2v) is 8.48. The van der Waals surface area contributed by atoms with Crippen LogP contribution < -0.4 is 15.8 Å². The number of nitrogens with zero attached hydrogens (tertiary/aromatic N) is 3. The fourth-order valence-electron chi connectivity index (χ4n) is 3.86. The summed E-state index contributed by atoms with van der Waals surface area (Å²) in [6.45, 7) is 10.1. The van der Waals surface area contributed by atoms with Gasteiger partial charge >= 0.3 is 0 Å². The zero-order valence-electron chi connectivity index (χ0n) is 20.6. The Balaban J connectivity index is 0.00000108. The standard InChI is InChI=1S/C25H27N5O2.C3H8/c1-2-22(31)30-14-12-18(13-15-30)16-27-25-23(24(26)28-17-29-25)19-8-10-21(11-9-19)32-20-6-4-3-5-7-20;1-3-2/h2-11,17-18H,1,12-16H2,(H3,26,27,28,29);3H2,1-2H3. The Morgan fingerprint density at radius 3 is 2.34 bits per heavy atom. The van der Waals surface area contributed by atoms with Gasteiger partial charge in [0.1, 0.15) is 29.5 Å². The van der Waals surface area contributed by atoms with Gasteiger partial charge in [-0.2, -0.15) is 0 Å². The van der Waals surface area contributed by atoms with Gasteiger partial charge in [-0.05, 0) is 54.7 Å². The molecular formula is C28H35N5O2. The van der Waals surface area contributed by atoms with Crippen molar-refractivity contribution >= 4 is 17.5 Å². The second-order valence-electron chi connectivity index (χ2n) is 8.48. The third-order valence-corrected chi connectivity index (χ3v) is 5.66. The van der Waals surface area contributed by atoms with E-state index in [0.29, 0.717) is 17.6 Å². The van der Waals surface area contributed by atoms with Crippen LogP contribution in [0.1, 0.15) is 33.1 Å². The molecule has 2 aromatic carbocycles. The molecule has 0 atom stereocenters. The molecule has 2 heterocycles. The van der Waals surface area contributed by atoms with Crippen LogP contribution in [0, 0.1) is 5.92 Å². The van der Waals surface area contributed by atoms with Crippen LogP contribution in [-0.4, -0.2) is 40.4 Å². The van der Waals surface area contributed by atoms with Gasteiger partial charge in [0, 0.05) is 19.6 Å². The number of hydrogen-bond donors (Lipinski definition) is 2. The van der Waals surface area contributed by atoms with Crippen molar-refractivity contribution in [2.24, 2.45) is 5.92 Å². The Hall–Kier alpha value is -3.87. The highest BCUT2D eigenvalue weighted by Gasteiger charge is 2.22. The normalized spacial score (nSPS) is 13.4. The van der Waals surface area contributed by atoms with E-state index in [9.17, 15) is 4.79 Å². The molecule has 35 heavy (non-hydrogen) atoms. The van der Waals surface area contributed by atoms with E-state index >= 15 is 0 Å². The number of carbonyl (C=O) groups excluding carboxylic acids is 1. The van der Waals surface area contributed by atoms with Crippen LogP contribution in [0.4, 0.5) is 11.6 Å². The molecule has 0 saturated carbocycles. The van der Waals surface area contributed by atoms with E-state index in [1.165, 1.54) is 18.8 Å². The first kappa shape index (κ1) is 25.7. The molecule has 184 valence electrons. The Morgan fingerprint density at radius 1 is 1.09 bits per heavy atom. The van der Waals surface area contributed by atoms with Gasteiger partial charge in [0.15, 0.2) is 0 Å². The number of carbonyl (C=O) groups is 1. The van der Waals surface area contributed by atoms with E-state index < -0.39 is 0 Å². The maximum absolute atomic E-state index is 11.8. The topological polar surface area (TPSA) is 93.4 Å². The molecule has 3 aromatic rings. The first-order valence-electron chi connectivity index (χ1n) is 12.1. The third kappa shape index (κ3) is 7.30. The number of benzene rings is 2. The van der Waals surface area contributed by atoms with Crippen molar-refractivity contribution in [1.29, 1.82) is 0 Å². The molecule has 4 rings (SSSR count). The maximum atomic E-state index is 11.8. The van der Waals surface area contributed by atoms with Gasteiger partial charge in [0.05, 0.1) is 5.56 Å². The Morgan fingerprint density at radius 2 is 1.71 bits per heavy atom. The fraction of sp³-hybridized carbons (Fsp3) is 0.321. The number of rotatable bonds is 7. The van der Waals surface area contributed by atoms with Gasteiger partial charge in [-0.3, -0.25) is 4.79 Å². The molecule has 1 aliphatic rings. The van der Waals surface area contributed by atoms with Gasteiger partial charge in [-0.15, -0.1) is 0 Å². The summed E-state index contributed by atoms with van der Waals surface area (Å²) in [6, 6.07) is 17.4. The first-order chi connectivity index (χ1) is 17.0. The molecule has 0 unspecified atom stereocenters. The molecular weight excluding hydrogens is 438 g/mol. The predicted molar refractivity (Wildman–Crippen MR) is 142 cm³/mol. The molecule has 7 nitrogen and oxygen atoms in total.